The molecule has 0 aromatic heterocycles. The first-order chi connectivity index (χ1) is 12.1. The number of carbonyl (C=O) groups excluding carboxylic acids is 1. The molecule has 3 rings (SSSR count). The molecule has 1 amide bonds. The number of ether oxygens (including phenoxy) is 2. The van der Waals surface area contributed by atoms with Gasteiger partial charge in [-0.15, -0.1) is 0 Å². The van der Waals surface area contributed by atoms with E-state index < -0.39 is 5.91 Å². The van der Waals surface area contributed by atoms with Gasteiger partial charge in [-0.2, -0.15) is 5.26 Å². The second-order valence-corrected chi connectivity index (χ2v) is 5.91. The highest BCUT2D eigenvalue weighted by Crippen LogP contribution is 2.35. The van der Waals surface area contributed by atoms with Crippen LogP contribution in [0.1, 0.15) is 5.56 Å². The van der Waals surface area contributed by atoms with E-state index in [-0.39, 0.29) is 21.3 Å². The highest BCUT2D eigenvalue weighted by molar-refractivity contribution is 6.40. The zero-order valence-corrected chi connectivity index (χ0v) is 14.4. The zero-order valence-electron chi connectivity index (χ0n) is 12.9. The minimum atomic E-state index is -0.619. The molecule has 5 nitrogen and oxygen atoms in total. The highest BCUT2D eigenvalue weighted by atomic mass is 35.5. The van der Waals surface area contributed by atoms with Crippen LogP contribution in [0.2, 0.25) is 10.0 Å². The molecule has 0 unspecified atom stereocenters. The SMILES string of the molecule is N#C/C(=C/c1cccc2c1OCCO2)C(=O)Nc1c(Cl)cccc1Cl. The number of amides is 1. The largest absolute Gasteiger partial charge is 0.486 e. The van der Waals surface area contributed by atoms with E-state index in [0.717, 1.165) is 0 Å². The van der Waals surface area contributed by atoms with Crippen molar-refractivity contribution in [2.45, 2.75) is 0 Å². The molecule has 0 radical (unpaired) electrons. The Kier molecular flexibility index (Phi) is 5.13. The summed E-state index contributed by atoms with van der Waals surface area (Å²) in [4.78, 5) is 12.4. The van der Waals surface area contributed by atoms with Gasteiger partial charge >= 0.3 is 0 Å². The van der Waals surface area contributed by atoms with Gasteiger partial charge < -0.3 is 14.8 Å². The number of halogens is 2. The third-order valence-corrected chi connectivity index (χ3v) is 4.09. The van der Waals surface area contributed by atoms with Crippen molar-refractivity contribution in [2.24, 2.45) is 0 Å². The van der Waals surface area contributed by atoms with E-state index in [1.165, 1.54) is 6.08 Å². The second kappa shape index (κ2) is 7.47. The van der Waals surface area contributed by atoms with Gasteiger partial charge in [-0.05, 0) is 24.3 Å². The average Bonchev–Trinajstić information content (AvgIpc) is 2.62. The molecule has 0 bridgehead atoms. The van der Waals surface area contributed by atoms with Crippen molar-refractivity contribution in [2.75, 3.05) is 18.5 Å². The lowest BCUT2D eigenvalue weighted by Crippen LogP contribution is -2.16. The summed E-state index contributed by atoms with van der Waals surface area (Å²) in [6.45, 7) is 0.859. The van der Waals surface area contributed by atoms with Crippen molar-refractivity contribution in [1.82, 2.24) is 0 Å². The number of carbonyl (C=O) groups is 1. The van der Waals surface area contributed by atoms with Gasteiger partial charge in [-0.25, -0.2) is 0 Å². The number of benzene rings is 2. The van der Waals surface area contributed by atoms with Crippen molar-refractivity contribution in [1.29, 1.82) is 5.26 Å². The van der Waals surface area contributed by atoms with Gasteiger partial charge in [0.15, 0.2) is 11.5 Å². The van der Waals surface area contributed by atoms with Crippen LogP contribution in [0.25, 0.3) is 6.08 Å². The Morgan fingerprint density at radius 1 is 1.12 bits per heavy atom. The first-order valence-electron chi connectivity index (χ1n) is 7.36. The monoisotopic (exact) mass is 374 g/mol. The van der Waals surface area contributed by atoms with Gasteiger partial charge in [0.1, 0.15) is 24.9 Å². The van der Waals surface area contributed by atoms with E-state index in [4.69, 9.17) is 32.7 Å². The summed E-state index contributed by atoms with van der Waals surface area (Å²) in [5.74, 6) is 0.462. The Morgan fingerprint density at radius 3 is 2.52 bits per heavy atom. The highest BCUT2D eigenvalue weighted by Gasteiger charge is 2.18. The van der Waals surface area contributed by atoms with E-state index in [0.29, 0.717) is 30.3 Å². The molecule has 0 spiro atoms. The van der Waals surface area contributed by atoms with E-state index in [2.05, 4.69) is 5.32 Å². The average molecular weight is 375 g/mol. The van der Waals surface area contributed by atoms with Gasteiger partial charge in [-0.1, -0.05) is 41.4 Å². The molecule has 1 N–H and O–H groups in total. The number of para-hydroxylation sites is 2. The summed E-state index contributed by atoms with van der Waals surface area (Å²) in [6.07, 6.45) is 1.44. The third kappa shape index (κ3) is 3.71. The molecule has 0 fully saturated rings. The number of rotatable bonds is 3. The maximum absolute atomic E-state index is 12.4. The minimum Gasteiger partial charge on any atom is -0.486 e. The Hall–Kier alpha value is -2.68. The Morgan fingerprint density at radius 2 is 1.80 bits per heavy atom. The number of nitrogens with one attached hydrogen (secondary N) is 1. The van der Waals surface area contributed by atoms with Crippen LogP contribution < -0.4 is 14.8 Å². The summed E-state index contributed by atoms with van der Waals surface area (Å²) < 4.78 is 11.1. The molecule has 0 saturated heterocycles. The molecule has 1 aliphatic heterocycles. The maximum Gasteiger partial charge on any atom is 0.266 e. The summed E-state index contributed by atoms with van der Waals surface area (Å²) in [5, 5.41) is 12.5. The second-order valence-electron chi connectivity index (χ2n) is 5.09. The Balaban J connectivity index is 1.91. The van der Waals surface area contributed by atoms with Gasteiger partial charge in [0.25, 0.3) is 5.91 Å². The van der Waals surface area contributed by atoms with E-state index in [9.17, 15) is 10.1 Å². The topological polar surface area (TPSA) is 71.3 Å². The molecule has 0 saturated carbocycles. The number of nitriles is 1. The van der Waals surface area contributed by atoms with Crippen molar-refractivity contribution in [3.05, 3.63) is 57.6 Å². The molecule has 2 aromatic rings. The van der Waals surface area contributed by atoms with Crippen molar-refractivity contribution in [3.8, 4) is 17.6 Å². The lowest BCUT2D eigenvalue weighted by molar-refractivity contribution is -0.112. The predicted octanol–water partition coefficient (Wildman–Crippen LogP) is 4.31. The summed E-state index contributed by atoms with van der Waals surface area (Å²) >= 11 is 12.1. The molecule has 0 atom stereocenters. The van der Waals surface area contributed by atoms with E-state index in [1.54, 1.807) is 36.4 Å². The normalized spacial score (nSPS) is 13.1. The fourth-order valence-electron chi connectivity index (χ4n) is 2.31. The van der Waals surface area contributed by atoms with Crippen molar-refractivity contribution in [3.63, 3.8) is 0 Å². The zero-order chi connectivity index (χ0) is 17.8. The number of nitrogens with zero attached hydrogens (tertiary/aromatic N) is 1. The molecular weight excluding hydrogens is 363 g/mol. The summed E-state index contributed by atoms with van der Waals surface area (Å²) in [6, 6.07) is 12.0. The first-order valence-corrected chi connectivity index (χ1v) is 8.11. The van der Waals surface area contributed by atoms with E-state index >= 15 is 0 Å². The first kappa shape index (κ1) is 17.2. The van der Waals surface area contributed by atoms with Crippen LogP contribution in [0.15, 0.2) is 42.0 Å². The molecule has 1 aliphatic rings. The van der Waals surface area contributed by atoms with Crippen LogP contribution >= 0.6 is 23.2 Å². The number of fused-ring (bicyclic) bond motifs is 1. The van der Waals surface area contributed by atoms with Gasteiger partial charge in [0.05, 0.1) is 15.7 Å². The number of hydrogen-bond donors (Lipinski definition) is 1. The lowest BCUT2D eigenvalue weighted by Gasteiger charge is -2.19. The summed E-state index contributed by atoms with van der Waals surface area (Å²) in [7, 11) is 0. The van der Waals surface area contributed by atoms with Crippen LogP contribution in [-0.2, 0) is 4.79 Å². The van der Waals surface area contributed by atoms with Crippen LogP contribution in [0.4, 0.5) is 5.69 Å². The van der Waals surface area contributed by atoms with Gasteiger partial charge in [0.2, 0.25) is 0 Å². The van der Waals surface area contributed by atoms with Crippen LogP contribution in [-0.4, -0.2) is 19.1 Å². The summed E-state index contributed by atoms with van der Waals surface area (Å²) in [5.41, 5.74) is 0.722. The van der Waals surface area contributed by atoms with Gasteiger partial charge in [0, 0.05) is 5.56 Å². The Bertz CT molecular complexity index is 883. The van der Waals surface area contributed by atoms with Crippen molar-refractivity contribution >= 4 is 40.9 Å². The predicted molar refractivity (Wildman–Crippen MR) is 96.1 cm³/mol. The smallest absolute Gasteiger partial charge is 0.266 e. The lowest BCUT2D eigenvalue weighted by atomic mass is 10.1. The number of hydrogen-bond acceptors (Lipinski definition) is 4. The fraction of sp³-hybridized carbons (Fsp3) is 0.111. The number of anilines is 1. The van der Waals surface area contributed by atoms with Crippen molar-refractivity contribution < 1.29 is 14.3 Å². The standard InChI is InChI=1S/C18H12Cl2N2O3/c19-13-4-2-5-14(20)16(13)22-18(23)12(10-21)9-11-3-1-6-15-17(11)25-8-7-24-15/h1-6,9H,7-8H2,(H,22,23)/b12-9-. The Labute approximate surface area is 154 Å². The van der Waals surface area contributed by atoms with Crippen LogP contribution in [0.3, 0.4) is 0 Å². The van der Waals surface area contributed by atoms with Crippen LogP contribution in [0.5, 0.6) is 11.5 Å². The maximum atomic E-state index is 12.4. The molecule has 25 heavy (non-hydrogen) atoms. The molecule has 126 valence electrons. The van der Waals surface area contributed by atoms with Crippen LogP contribution in [0, 0.1) is 11.3 Å². The quantitative estimate of drug-likeness (QED) is 0.641. The fourth-order valence-corrected chi connectivity index (χ4v) is 2.80. The molecular formula is C18H12Cl2N2O3. The molecule has 0 aliphatic carbocycles. The minimum absolute atomic E-state index is 0.112. The molecule has 1 heterocycles. The van der Waals surface area contributed by atoms with Gasteiger partial charge in [-0.3, -0.25) is 4.79 Å². The third-order valence-electron chi connectivity index (χ3n) is 3.46. The molecule has 2 aromatic carbocycles. The molecule has 7 heteroatoms. The van der Waals surface area contributed by atoms with E-state index in [1.807, 2.05) is 6.07 Å².